The average molecular weight is 227 g/mol. The van der Waals surface area contributed by atoms with Gasteiger partial charge in [-0.05, 0) is 25.8 Å². The van der Waals surface area contributed by atoms with E-state index in [0.717, 1.165) is 38.9 Å². The van der Waals surface area contributed by atoms with E-state index in [-0.39, 0.29) is 11.8 Å². The molecule has 4 nitrogen and oxygen atoms in total. The van der Waals surface area contributed by atoms with Crippen LogP contribution in [0.4, 0.5) is 0 Å². The fraction of sp³-hybridized carbons (Fsp3) is 0.917. The summed E-state index contributed by atoms with van der Waals surface area (Å²) in [6.45, 7) is 7.95. The van der Waals surface area contributed by atoms with Gasteiger partial charge in [0.2, 0.25) is 5.91 Å². The summed E-state index contributed by atoms with van der Waals surface area (Å²) in [7, 11) is 0. The van der Waals surface area contributed by atoms with Crippen molar-refractivity contribution in [3.8, 4) is 0 Å². The molecule has 0 bridgehead atoms. The molecule has 1 saturated heterocycles. The zero-order valence-corrected chi connectivity index (χ0v) is 10.5. The second kappa shape index (κ2) is 6.86. The van der Waals surface area contributed by atoms with Gasteiger partial charge in [-0.25, -0.2) is 0 Å². The molecule has 0 spiro atoms. The molecule has 0 aromatic carbocycles. The van der Waals surface area contributed by atoms with E-state index in [2.05, 4.69) is 17.1 Å². The van der Waals surface area contributed by atoms with Gasteiger partial charge in [-0.2, -0.15) is 0 Å². The molecule has 16 heavy (non-hydrogen) atoms. The van der Waals surface area contributed by atoms with Crippen molar-refractivity contribution in [2.45, 2.75) is 39.2 Å². The van der Waals surface area contributed by atoms with Gasteiger partial charge in [0.15, 0.2) is 0 Å². The molecule has 0 aromatic rings. The Balaban J connectivity index is 2.30. The molecule has 1 aliphatic heterocycles. The molecule has 4 heteroatoms. The maximum Gasteiger partial charge on any atom is 0.224 e. The van der Waals surface area contributed by atoms with Crippen molar-refractivity contribution in [2.75, 3.05) is 26.2 Å². The molecule has 3 N–H and O–H groups in total. The van der Waals surface area contributed by atoms with Crippen molar-refractivity contribution in [3.63, 3.8) is 0 Å². The maximum absolute atomic E-state index is 11.8. The van der Waals surface area contributed by atoms with Crippen molar-refractivity contribution < 1.29 is 4.79 Å². The molecule has 94 valence electrons. The Morgan fingerprint density at radius 2 is 2.06 bits per heavy atom. The van der Waals surface area contributed by atoms with Crippen molar-refractivity contribution in [1.29, 1.82) is 0 Å². The van der Waals surface area contributed by atoms with Gasteiger partial charge in [0.25, 0.3) is 0 Å². The van der Waals surface area contributed by atoms with E-state index in [0.29, 0.717) is 12.6 Å². The molecule has 0 radical (unpaired) electrons. The van der Waals surface area contributed by atoms with Crippen LogP contribution in [0.25, 0.3) is 0 Å². The molecule has 1 aliphatic rings. The predicted molar refractivity (Wildman–Crippen MR) is 66.1 cm³/mol. The third-order valence-corrected chi connectivity index (χ3v) is 3.53. The molecular weight excluding hydrogens is 202 g/mol. The summed E-state index contributed by atoms with van der Waals surface area (Å²) in [5.74, 6) is 0.129. The number of nitrogens with one attached hydrogen (secondary N) is 1. The fourth-order valence-electron chi connectivity index (χ4n) is 2.17. The number of carbonyl (C=O) groups is 1. The van der Waals surface area contributed by atoms with Crippen LogP contribution < -0.4 is 11.1 Å². The molecule has 0 aromatic heterocycles. The first-order chi connectivity index (χ1) is 7.71. The first-order valence-corrected chi connectivity index (χ1v) is 6.44. The summed E-state index contributed by atoms with van der Waals surface area (Å²) >= 11 is 0. The smallest absolute Gasteiger partial charge is 0.224 e. The summed E-state index contributed by atoms with van der Waals surface area (Å²) in [5.41, 5.74) is 5.56. The normalized spacial score (nSPS) is 20.7. The van der Waals surface area contributed by atoms with Crippen LogP contribution in [0, 0.1) is 5.92 Å². The van der Waals surface area contributed by atoms with Crippen LogP contribution >= 0.6 is 0 Å². The molecule has 1 amide bonds. The third-order valence-electron chi connectivity index (χ3n) is 3.53. The molecular formula is C12H25N3O. The van der Waals surface area contributed by atoms with E-state index in [9.17, 15) is 4.79 Å². The van der Waals surface area contributed by atoms with Gasteiger partial charge >= 0.3 is 0 Å². The number of nitrogens with two attached hydrogens (primary N) is 1. The van der Waals surface area contributed by atoms with Crippen molar-refractivity contribution in [1.82, 2.24) is 10.2 Å². The summed E-state index contributed by atoms with van der Waals surface area (Å²) in [6, 6.07) is 0.357. The van der Waals surface area contributed by atoms with Crippen LogP contribution in [-0.2, 0) is 4.79 Å². The highest BCUT2D eigenvalue weighted by Crippen LogP contribution is 2.11. The SMILES string of the molecule is CCC(CN)C(=O)NC1CCN(CC)CC1. The fourth-order valence-corrected chi connectivity index (χ4v) is 2.17. The summed E-state index contributed by atoms with van der Waals surface area (Å²) in [5, 5.41) is 3.12. The zero-order chi connectivity index (χ0) is 12.0. The van der Waals surface area contributed by atoms with Gasteiger partial charge in [-0.1, -0.05) is 13.8 Å². The second-order valence-corrected chi connectivity index (χ2v) is 4.56. The molecule has 0 saturated carbocycles. The number of rotatable bonds is 5. The first-order valence-electron chi connectivity index (χ1n) is 6.44. The largest absolute Gasteiger partial charge is 0.353 e. The van der Waals surface area contributed by atoms with Crippen LogP contribution in [-0.4, -0.2) is 43.0 Å². The number of amides is 1. The van der Waals surface area contributed by atoms with Gasteiger partial charge in [0.1, 0.15) is 0 Å². The lowest BCUT2D eigenvalue weighted by Gasteiger charge is -2.32. The number of carbonyl (C=O) groups excluding carboxylic acids is 1. The lowest BCUT2D eigenvalue weighted by Crippen LogP contribution is -2.47. The van der Waals surface area contributed by atoms with Crippen molar-refractivity contribution >= 4 is 5.91 Å². The van der Waals surface area contributed by atoms with Crippen LogP contribution in [0.2, 0.25) is 0 Å². The highest BCUT2D eigenvalue weighted by atomic mass is 16.1. The minimum Gasteiger partial charge on any atom is -0.353 e. The molecule has 0 aliphatic carbocycles. The molecule has 1 heterocycles. The Labute approximate surface area is 98.6 Å². The lowest BCUT2D eigenvalue weighted by molar-refractivity contribution is -0.125. The van der Waals surface area contributed by atoms with Crippen LogP contribution in [0.15, 0.2) is 0 Å². The maximum atomic E-state index is 11.8. The number of nitrogens with zero attached hydrogens (tertiary/aromatic N) is 1. The molecule has 1 unspecified atom stereocenters. The topological polar surface area (TPSA) is 58.4 Å². The molecule has 1 rings (SSSR count). The van der Waals surface area contributed by atoms with Gasteiger partial charge in [0.05, 0.1) is 0 Å². The standard InChI is InChI=1S/C12H25N3O/c1-3-10(9-13)12(16)14-11-5-7-15(4-2)8-6-11/h10-11H,3-9,13H2,1-2H3,(H,14,16). The zero-order valence-electron chi connectivity index (χ0n) is 10.5. The van der Waals surface area contributed by atoms with E-state index >= 15 is 0 Å². The summed E-state index contributed by atoms with van der Waals surface area (Å²) in [6.07, 6.45) is 2.97. The Morgan fingerprint density at radius 3 is 2.50 bits per heavy atom. The Hall–Kier alpha value is -0.610. The van der Waals surface area contributed by atoms with Crippen LogP contribution in [0.5, 0.6) is 0 Å². The van der Waals surface area contributed by atoms with Gasteiger partial charge in [-0.3, -0.25) is 4.79 Å². The Bertz CT molecular complexity index is 208. The lowest BCUT2D eigenvalue weighted by atomic mass is 10.0. The predicted octanol–water partition coefficient (Wildman–Crippen LogP) is 0.572. The number of hydrogen-bond donors (Lipinski definition) is 2. The van der Waals surface area contributed by atoms with E-state index in [1.165, 1.54) is 0 Å². The van der Waals surface area contributed by atoms with E-state index in [4.69, 9.17) is 5.73 Å². The van der Waals surface area contributed by atoms with Gasteiger partial charge < -0.3 is 16.0 Å². The second-order valence-electron chi connectivity index (χ2n) is 4.56. The average Bonchev–Trinajstić information content (AvgIpc) is 2.31. The van der Waals surface area contributed by atoms with Gasteiger partial charge in [0, 0.05) is 31.6 Å². The number of piperidine rings is 1. The van der Waals surface area contributed by atoms with Gasteiger partial charge in [-0.15, -0.1) is 0 Å². The van der Waals surface area contributed by atoms with E-state index < -0.39 is 0 Å². The highest BCUT2D eigenvalue weighted by Gasteiger charge is 2.22. The van der Waals surface area contributed by atoms with E-state index in [1.807, 2.05) is 6.92 Å². The first kappa shape index (κ1) is 13.5. The van der Waals surface area contributed by atoms with Crippen molar-refractivity contribution in [3.05, 3.63) is 0 Å². The quantitative estimate of drug-likeness (QED) is 0.722. The monoisotopic (exact) mass is 227 g/mol. The van der Waals surface area contributed by atoms with Crippen LogP contribution in [0.3, 0.4) is 0 Å². The Morgan fingerprint density at radius 1 is 1.44 bits per heavy atom. The third kappa shape index (κ3) is 3.76. The number of hydrogen-bond acceptors (Lipinski definition) is 3. The highest BCUT2D eigenvalue weighted by molar-refractivity contribution is 5.79. The van der Waals surface area contributed by atoms with E-state index in [1.54, 1.807) is 0 Å². The van der Waals surface area contributed by atoms with Crippen LogP contribution in [0.1, 0.15) is 33.1 Å². The Kier molecular flexibility index (Phi) is 5.77. The van der Waals surface area contributed by atoms with Crippen molar-refractivity contribution in [2.24, 2.45) is 11.7 Å². The number of likely N-dealkylation sites (tertiary alicyclic amines) is 1. The summed E-state index contributed by atoms with van der Waals surface area (Å²) < 4.78 is 0. The minimum atomic E-state index is -0.01000. The molecule has 1 fully saturated rings. The summed E-state index contributed by atoms with van der Waals surface area (Å²) in [4.78, 5) is 14.2. The molecule has 1 atom stereocenters. The minimum absolute atomic E-state index is 0.01000.